The molecule has 0 fully saturated rings. The molecule has 98 valence electrons. The molecule has 0 saturated carbocycles. The number of fused-ring (bicyclic) bond motifs is 1. The van der Waals surface area contributed by atoms with Crippen LogP contribution in [0.4, 0.5) is 5.69 Å². The van der Waals surface area contributed by atoms with Gasteiger partial charge in [0.15, 0.2) is 0 Å². The Balaban J connectivity index is 1.95. The van der Waals surface area contributed by atoms with Crippen LogP contribution >= 0.6 is 0 Å². The van der Waals surface area contributed by atoms with Crippen molar-refractivity contribution in [2.75, 3.05) is 5.32 Å². The Labute approximate surface area is 111 Å². The van der Waals surface area contributed by atoms with Crippen molar-refractivity contribution in [3.8, 4) is 0 Å². The summed E-state index contributed by atoms with van der Waals surface area (Å²) in [5, 5.41) is 6.98. The molecule has 5 heteroatoms. The monoisotopic (exact) mass is 257 g/mol. The molecule has 0 saturated heterocycles. The van der Waals surface area contributed by atoms with Crippen molar-refractivity contribution >= 4 is 23.2 Å². The highest BCUT2D eigenvalue weighted by Crippen LogP contribution is 2.32. The Kier molecular flexibility index (Phi) is 2.81. The number of nitrogens with zero attached hydrogens (tertiary/aromatic N) is 1. The molecule has 2 amide bonds. The fourth-order valence-corrected chi connectivity index (χ4v) is 2.54. The molecule has 5 nitrogen and oxygen atoms in total. The van der Waals surface area contributed by atoms with Crippen LogP contribution in [0.1, 0.15) is 43.2 Å². The highest BCUT2D eigenvalue weighted by molar-refractivity contribution is 6.05. The summed E-state index contributed by atoms with van der Waals surface area (Å²) >= 11 is 0. The molecule has 0 radical (unpaired) electrons. The summed E-state index contributed by atoms with van der Waals surface area (Å²) in [4.78, 5) is 22.6. The molecule has 19 heavy (non-hydrogen) atoms. The molecule has 2 N–H and O–H groups in total. The second-order valence-corrected chi connectivity index (χ2v) is 5.05. The molecule has 3 rings (SSSR count). The van der Waals surface area contributed by atoms with Gasteiger partial charge in [-0.3, -0.25) is 9.59 Å². The number of carbonyl (C=O) groups is 2. The number of hydrogen-bond acceptors (Lipinski definition) is 3. The third-order valence-corrected chi connectivity index (χ3v) is 3.59. The lowest BCUT2D eigenvalue weighted by Gasteiger charge is -2.24. The van der Waals surface area contributed by atoms with Gasteiger partial charge in [-0.1, -0.05) is 13.0 Å². The van der Waals surface area contributed by atoms with E-state index < -0.39 is 0 Å². The topological polar surface area (TPSA) is 70.6 Å². The first-order valence-electron chi connectivity index (χ1n) is 6.43. The first-order valence-corrected chi connectivity index (χ1v) is 6.43. The fourth-order valence-electron chi connectivity index (χ4n) is 2.54. The van der Waals surface area contributed by atoms with Crippen molar-refractivity contribution < 1.29 is 9.59 Å². The largest absolute Gasteiger partial charge is 0.326 e. The van der Waals surface area contributed by atoms with Crippen molar-refractivity contribution in [3.63, 3.8) is 0 Å². The van der Waals surface area contributed by atoms with E-state index in [-0.39, 0.29) is 17.7 Å². The van der Waals surface area contributed by atoms with Gasteiger partial charge in [-0.15, -0.1) is 0 Å². The van der Waals surface area contributed by atoms with Crippen LogP contribution in [0, 0.1) is 0 Å². The van der Waals surface area contributed by atoms with Crippen molar-refractivity contribution in [2.24, 2.45) is 5.10 Å². The summed E-state index contributed by atoms with van der Waals surface area (Å²) in [6, 6.07) is 5.92. The Morgan fingerprint density at radius 3 is 2.79 bits per heavy atom. The van der Waals surface area contributed by atoms with Gasteiger partial charge in [-0.05, 0) is 29.2 Å². The molecule has 1 unspecified atom stereocenters. The Morgan fingerprint density at radius 2 is 2.05 bits per heavy atom. The third kappa shape index (κ3) is 2.23. The van der Waals surface area contributed by atoms with Gasteiger partial charge in [0.1, 0.15) is 0 Å². The van der Waals surface area contributed by atoms with E-state index in [0.717, 1.165) is 22.5 Å². The summed E-state index contributed by atoms with van der Waals surface area (Å²) in [6.45, 7) is 2.05. The molecule has 1 aromatic rings. The first kappa shape index (κ1) is 11.9. The van der Waals surface area contributed by atoms with E-state index in [1.807, 2.05) is 19.1 Å². The molecular weight excluding hydrogens is 242 g/mol. The Hall–Kier alpha value is -2.17. The molecule has 2 heterocycles. The van der Waals surface area contributed by atoms with Crippen LogP contribution in [0.25, 0.3) is 0 Å². The Bertz CT molecular complexity index is 592. The second kappa shape index (κ2) is 4.50. The first-order chi connectivity index (χ1) is 9.13. The third-order valence-electron chi connectivity index (χ3n) is 3.59. The zero-order valence-electron chi connectivity index (χ0n) is 10.7. The van der Waals surface area contributed by atoms with Crippen molar-refractivity contribution in [2.45, 2.75) is 32.1 Å². The van der Waals surface area contributed by atoms with Crippen LogP contribution in [-0.2, 0) is 9.59 Å². The summed E-state index contributed by atoms with van der Waals surface area (Å²) in [6.07, 6.45) is 1.65. The van der Waals surface area contributed by atoms with Crippen molar-refractivity contribution in [1.82, 2.24) is 5.43 Å². The standard InChI is InChI=1S/C14H15N3O2/c1-8-6-14(19)15-12-3-2-9(7-10(8)12)11-4-5-13(18)17-16-11/h2-3,7-8H,4-6H2,1H3,(H,15,19)(H,17,18). The van der Waals surface area contributed by atoms with Crippen LogP contribution in [0.5, 0.6) is 0 Å². The van der Waals surface area contributed by atoms with Crippen LogP contribution in [-0.4, -0.2) is 17.5 Å². The lowest BCUT2D eigenvalue weighted by atomic mass is 9.89. The minimum absolute atomic E-state index is 0.0395. The lowest BCUT2D eigenvalue weighted by Crippen LogP contribution is -2.26. The summed E-state index contributed by atoms with van der Waals surface area (Å²) in [7, 11) is 0. The number of carbonyl (C=O) groups excluding carboxylic acids is 2. The normalized spacial score (nSPS) is 22.2. The highest BCUT2D eigenvalue weighted by atomic mass is 16.2. The number of hydrazone groups is 1. The number of rotatable bonds is 1. The van der Waals surface area contributed by atoms with Gasteiger partial charge in [0, 0.05) is 24.9 Å². The number of benzene rings is 1. The minimum atomic E-state index is -0.0395. The summed E-state index contributed by atoms with van der Waals surface area (Å²) in [5.74, 6) is 0.236. The predicted octanol–water partition coefficient (Wildman–Crippen LogP) is 1.75. The Morgan fingerprint density at radius 1 is 1.21 bits per heavy atom. The van der Waals surface area contributed by atoms with E-state index in [1.54, 1.807) is 0 Å². The maximum Gasteiger partial charge on any atom is 0.240 e. The van der Waals surface area contributed by atoms with Crippen molar-refractivity contribution in [1.29, 1.82) is 0 Å². The minimum Gasteiger partial charge on any atom is -0.326 e. The molecule has 2 aliphatic rings. The van der Waals surface area contributed by atoms with Crippen molar-refractivity contribution in [3.05, 3.63) is 29.3 Å². The zero-order chi connectivity index (χ0) is 13.4. The molecular formula is C14H15N3O2. The SMILES string of the molecule is CC1CC(=O)Nc2ccc(C3=NNC(=O)CC3)cc21. The molecule has 1 aromatic carbocycles. The van der Waals surface area contributed by atoms with Gasteiger partial charge < -0.3 is 5.32 Å². The molecule has 0 aromatic heterocycles. The van der Waals surface area contributed by atoms with E-state index in [9.17, 15) is 9.59 Å². The average molecular weight is 257 g/mol. The van der Waals surface area contributed by atoms with Gasteiger partial charge in [0.25, 0.3) is 0 Å². The summed E-state index contributed by atoms with van der Waals surface area (Å²) < 4.78 is 0. The van der Waals surface area contributed by atoms with E-state index in [4.69, 9.17) is 0 Å². The smallest absolute Gasteiger partial charge is 0.240 e. The molecule has 0 spiro atoms. The van der Waals surface area contributed by atoms with Gasteiger partial charge in [-0.2, -0.15) is 5.10 Å². The fraction of sp³-hybridized carbons (Fsp3) is 0.357. The molecule has 2 aliphatic heterocycles. The van der Waals surface area contributed by atoms with Gasteiger partial charge in [-0.25, -0.2) is 5.43 Å². The van der Waals surface area contributed by atoms with Crippen LogP contribution in [0.15, 0.2) is 23.3 Å². The van der Waals surface area contributed by atoms with Gasteiger partial charge in [0.2, 0.25) is 11.8 Å². The van der Waals surface area contributed by atoms with E-state index in [0.29, 0.717) is 19.3 Å². The van der Waals surface area contributed by atoms with Crippen LogP contribution in [0.2, 0.25) is 0 Å². The maximum atomic E-state index is 11.5. The summed E-state index contributed by atoms with van der Waals surface area (Å²) in [5.41, 5.74) is 6.44. The van der Waals surface area contributed by atoms with Crippen LogP contribution in [0.3, 0.4) is 0 Å². The molecule has 1 atom stereocenters. The maximum absolute atomic E-state index is 11.5. The van der Waals surface area contributed by atoms with E-state index >= 15 is 0 Å². The number of anilines is 1. The van der Waals surface area contributed by atoms with Crippen LogP contribution < -0.4 is 10.7 Å². The number of hydrogen-bond donors (Lipinski definition) is 2. The molecule has 0 aliphatic carbocycles. The van der Waals surface area contributed by atoms with E-state index in [1.165, 1.54) is 0 Å². The average Bonchev–Trinajstić information content (AvgIpc) is 2.39. The van der Waals surface area contributed by atoms with Gasteiger partial charge >= 0.3 is 0 Å². The lowest BCUT2D eigenvalue weighted by molar-refractivity contribution is -0.121. The second-order valence-electron chi connectivity index (χ2n) is 5.05. The van der Waals surface area contributed by atoms with Gasteiger partial charge in [0.05, 0.1) is 5.71 Å². The zero-order valence-corrected chi connectivity index (χ0v) is 10.7. The number of amides is 2. The quantitative estimate of drug-likeness (QED) is 0.804. The molecule has 0 bridgehead atoms. The number of nitrogens with one attached hydrogen (secondary N) is 2. The van der Waals surface area contributed by atoms with E-state index in [2.05, 4.69) is 21.9 Å². The highest BCUT2D eigenvalue weighted by Gasteiger charge is 2.23. The predicted molar refractivity (Wildman–Crippen MR) is 72.0 cm³/mol.